The number of fused-ring (bicyclic) bond motifs is 2. The summed E-state index contributed by atoms with van der Waals surface area (Å²) < 4.78 is 0. The molecule has 0 saturated heterocycles. The first-order valence-corrected chi connectivity index (χ1v) is 4.72. The summed E-state index contributed by atoms with van der Waals surface area (Å²) in [5.74, 6) is -1.19. The number of carbonyl (C=O) groups excluding carboxylic acids is 1. The van der Waals surface area contributed by atoms with Crippen LogP contribution >= 0.6 is 0 Å². The van der Waals surface area contributed by atoms with Crippen LogP contribution in [0.4, 0.5) is 0 Å². The largest absolute Gasteiger partial charge is 0.477 e. The van der Waals surface area contributed by atoms with Crippen molar-refractivity contribution >= 4 is 23.2 Å². The molecule has 2 aliphatic heterocycles. The normalized spacial score (nSPS) is 21.5. The molecule has 0 bridgehead atoms. The second-order valence-electron chi connectivity index (χ2n) is 3.61. The Morgan fingerprint density at radius 3 is 2.94 bits per heavy atom. The Hall–Kier alpha value is -2.30. The lowest BCUT2D eigenvalue weighted by molar-refractivity contribution is -0.132. The maximum Gasteiger partial charge on any atom is 0.354 e. The molecule has 0 saturated carbocycles. The van der Waals surface area contributed by atoms with Crippen molar-refractivity contribution in [1.82, 2.24) is 0 Å². The Morgan fingerprint density at radius 2 is 2.19 bits per heavy atom. The monoisotopic (exact) mass is 214 g/mol. The van der Waals surface area contributed by atoms with Crippen molar-refractivity contribution in [3.63, 3.8) is 0 Å². The fourth-order valence-corrected chi connectivity index (χ4v) is 1.95. The van der Waals surface area contributed by atoms with Crippen molar-refractivity contribution in [2.45, 2.75) is 6.42 Å². The fraction of sp³-hybridized carbons (Fsp3) is 0.0909. The van der Waals surface area contributed by atoms with Gasteiger partial charge in [0.25, 0.3) is 0 Å². The average molecular weight is 214 g/mol. The number of nitrogens with zero attached hydrogens (tertiary/aromatic N) is 2. The summed E-state index contributed by atoms with van der Waals surface area (Å²) in [4.78, 5) is 30.3. The quantitative estimate of drug-likeness (QED) is 0.695. The number of hydrogen-bond acceptors (Lipinski definition) is 4. The van der Waals surface area contributed by atoms with Crippen molar-refractivity contribution < 1.29 is 14.7 Å². The van der Waals surface area contributed by atoms with Gasteiger partial charge >= 0.3 is 5.97 Å². The van der Waals surface area contributed by atoms with Gasteiger partial charge in [0.05, 0.1) is 12.1 Å². The lowest BCUT2D eigenvalue weighted by atomic mass is 9.89. The van der Waals surface area contributed by atoms with E-state index in [1.54, 1.807) is 12.3 Å². The summed E-state index contributed by atoms with van der Waals surface area (Å²) in [6.07, 6.45) is 4.88. The molecule has 1 N–H and O–H groups in total. The zero-order valence-corrected chi connectivity index (χ0v) is 8.10. The van der Waals surface area contributed by atoms with Gasteiger partial charge in [-0.15, -0.1) is 0 Å². The van der Waals surface area contributed by atoms with Crippen LogP contribution < -0.4 is 0 Å². The molecule has 0 aromatic carbocycles. The number of aliphatic imine (C=N–C) groups is 2. The van der Waals surface area contributed by atoms with Gasteiger partial charge in [0, 0.05) is 17.3 Å². The van der Waals surface area contributed by atoms with Crippen LogP contribution in [0.3, 0.4) is 0 Å². The molecule has 5 heteroatoms. The highest BCUT2D eigenvalue weighted by atomic mass is 16.4. The van der Waals surface area contributed by atoms with Crippen molar-refractivity contribution in [1.29, 1.82) is 0 Å². The van der Waals surface area contributed by atoms with Crippen molar-refractivity contribution in [2.24, 2.45) is 9.98 Å². The molecule has 78 valence electrons. The third-order valence-electron chi connectivity index (χ3n) is 2.65. The molecule has 0 amide bonds. The van der Waals surface area contributed by atoms with Gasteiger partial charge in [-0.1, -0.05) is 0 Å². The molecule has 3 aliphatic rings. The van der Waals surface area contributed by atoms with E-state index >= 15 is 0 Å². The molecule has 0 atom stereocenters. The predicted molar refractivity (Wildman–Crippen MR) is 56.4 cm³/mol. The summed E-state index contributed by atoms with van der Waals surface area (Å²) in [5.41, 5.74) is 2.32. The van der Waals surface area contributed by atoms with E-state index in [2.05, 4.69) is 9.98 Å². The molecule has 2 heterocycles. The maximum atomic E-state index is 11.6. The van der Waals surface area contributed by atoms with Gasteiger partial charge < -0.3 is 5.11 Å². The molecular weight excluding hydrogens is 208 g/mol. The zero-order chi connectivity index (χ0) is 11.3. The Kier molecular flexibility index (Phi) is 1.60. The standard InChI is InChI=1S/C11H6N2O3/c14-9-4-7-6(3-8(13-7)11(15)16)5-1-2-12-10(5)9/h1-3H,4H2,(H,15,16). The Morgan fingerprint density at radius 1 is 1.38 bits per heavy atom. The van der Waals surface area contributed by atoms with Gasteiger partial charge in [-0.3, -0.25) is 9.79 Å². The van der Waals surface area contributed by atoms with Crippen LogP contribution in [0.15, 0.2) is 45.2 Å². The molecule has 0 fully saturated rings. The van der Waals surface area contributed by atoms with Crippen molar-refractivity contribution in [3.05, 3.63) is 35.2 Å². The molecular formula is C11H6N2O3. The zero-order valence-electron chi connectivity index (χ0n) is 8.10. The number of carboxylic acid groups (broad SMARTS) is 1. The van der Waals surface area contributed by atoms with E-state index in [1.807, 2.05) is 0 Å². The Balaban J connectivity index is 2.21. The predicted octanol–water partition coefficient (Wildman–Crippen LogP) is 0.647. The summed E-state index contributed by atoms with van der Waals surface area (Å²) in [6.45, 7) is 0. The molecule has 0 aromatic rings. The lowest BCUT2D eigenvalue weighted by Gasteiger charge is -2.13. The van der Waals surface area contributed by atoms with Crippen LogP contribution in [0.2, 0.25) is 0 Å². The number of ketones is 1. The van der Waals surface area contributed by atoms with E-state index in [9.17, 15) is 9.59 Å². The van der Waals surface area contributed by atoms with Gasteiger partial charge in [-0.25, -0.2) is 9.79 Å². The van der Waals surface area contributed by atoms with E-state index in [1.165, 1.54) is 6.08 Å². The Bertz CT molecular complexity index is 588. The van der Waals surface area contributed by atoms with E-state index in [4.69, 9.17) is 5.11 Å². The summed E-state index contributed by atoms with van der Waals surface area (Å²) in [5, 5.41) is 8.84. The van der Waals surface area contributed by atoms with Crippen molar-refractivity contribution in [2.75, 3.05) is 0 Å². The maximum absolute atomic E-state index is 11.6. The van der Waals surface area contributed by atoms with Crippen molar-refractivity contribution in [3.8, 4) is 0 Å². The van der Waals surface area contributed by atoms with Crippen LogP contribution in [0, 0.1) is 0 Å². The molecule has 16 heavy (non-hydrogen) atoms. The third kappa shape index (κ3) is 1.05. The second kappa shape index (κ2) is 2.85. The highest BCUT2D eigenvalue weighted by Gasteiger charge is 2.33. The SMILES string of the molecule is O=C(O)C1=CC2=C3C=CN=C3C(=O)CC2=N1. The minimum Gasteiger partial charge on any atom is -0.477 e. The minimum atomic E-state index is -1.08. The van der Waals surface area contributed by atoms with E-state index < -0.39 is 5.97 Å². The first-order valence-electron chi connectivity index (χ1n) is 4.72. The molecule has 0 aromatic heterocycles. The van der Waals surface area contributed by atoms with Gasteiger partial charge in [-0.05, 0) is 12.2 Å². The number of carboxylic acids is 1. The highest BCUT2D eigenvalue weighted by Crippen LogP contribution is 2.30. The summed E-state index contributed by atoms with van der Waals surface area (Å²) in [6, 6.07) is 0. The number of rotatable bonds is 1. The van der Waals surface area contributed by atoms with E-state index in [-0.39, 0.29) is 17.9 Å². The molecule has 1 aliphatic carbocycles. The smallest absolute Gasteiger partial charge is 0.354 e. The molecule has 5 nitrogen and oxygen atoms in total. The van der Waals surface area contributed by atoms with Gasteiger partial charge in [0.2, 0.25) is 0 Å². The highest BCUT2D eigenvalue weighted by molar-refractivity contribution is 6.54. The topological polar surface area (TPSA) is 79.1 Å². The molecule has 0 radical (unpaired) electrons. The van der Waals surface area contributed by atoms with Crippen LogP contribution in [-0.4, -0.2) is 28.3 Å². The summed E-state index contributed by atoms with van der Waals surface area (Å²) in [7, 11) is 0. The summed E-state index contributed by atoms with van der Waals surface area (Å²) >= 11 is 0. The van der Waals surface area contributed by atoms with Gasteiger partial charge in [0.1, 0.15) is 11.4 Å². The van der Waals surface area contributed by atoms with Crippen LogP contribution in [0.25, 0.3) is 0 Å². The molecule has 3 rings (SSSR count). The van der Waals surface area contributed by atoms with Gasteiger partial charge in [0.15, 0.2) is 5.78 Å². The van der Waals surface area contributed by atoms with E-state index in [0.29, 0.717) is 22.6 Å². The number of hydrogen-bond donors (Lipinski definition) is 1. The van der Waals surface area contributed by atoms with Crippen LogP contribution in [0.5, 0.6) is 0 Å². The first kappa shape index (κ1) is 8.96. The number of carbonyl (C=O) groups is 2. The third-order valence-corrected chi connectivity index (χ3v) is 2.65. The fourth-order valence-electron chi connectivity index (χ4n) is 1.95. The first-order chi connectivity index (χ1) is 7.66. The van der Waals surface area contributed by atoms with E-state index in [0.717, 1.165) is 0 Å². The van der Waals surface area contributed by atoms with Gasteiger partial charge in [-0.2, -0.15) is 0 Å². The average Bonchev–Trinajstić information content (AvgIpc) is 2.80. The molecule has 0 spiro atoms. The molecule has 0 unspecified atom stereocenters. The number of Topliss-reactive ketones (excluding diaryl/α,β-unsaturated/α-hetero) is 1. The lowest BCUT2D eigenvalue weighted by Crippen LogP contribution is -2.25. The second-order valence-corrected chi connectivity index (χ2v) is 3.61. The van der Waals surface area contributed by atoms with Crippen LogP contribution in [-0.2, 0) is 9.59 Å². The Labute approximate surface area is 90.2 Å². The number of aliphatic carboxylic acids is 1. The van der Waals surface area contributed by atoms with Crippen LogP contribution in [0.1, 0.15) is 6.42 Å². The minimum absolute atomic E-state index is 0.0214. The number of allylic oxidation sites excluding steroid dienone is 4.